The molecule has 0 spiro atoms. The van der Waals surface area contributed by atoms with E-state index >= 15 is 0 Å². The highest BCUT2D eigenvalue weighted by atomic mass is 35.5. The number of alkyl halides is 2. The standard InChI is InChI=1S/C12H11Cl4NO4/c1-19-8-4-6(7(13)5-9(8)20-2)12(15,16)10(14)17-11(18)21-3/h4-5H,1-3H3/b17-10-. The van der Waals surface area contributed by atoms with Gasteiger partial charge >= 0.3 is 6.09 Å². The molecule has 0 bridgehead atoms. The Hall–Kier alpha value is -0.880. The van der Waals surface area contributed by atoms with Crippen molar-refractivity contribution in [2.45, 2.75) is 4.33 Å². The van der Waals surface area contributed by atoms with Gasteiger partial charge in [-0.1, -0.05) is 46.4 Å². The number of carbonyl (C=O) groups excluding carboxylic acids is 1. The van der Waals surface area contributed by atoms with Gasteiger partial charge in [0.1, 0.15) is 0 Å². The molecule has 0 unspecified atom stereocenters. The Bertz CT molecular complexity index is 575. The second-order valence-corrected chi connectivity index (χ2v) is 5.73. The lowest BCUT2D eigenvalue weighted by Gasteiger charge is -2.21. The van der Waals surface area contributed by atoms with Crippen molar-refractivity contribution >= 4 is 57.7 Å². The highest BCUT2D eigenvalue weighted by Crippen LogP contribution is 2.45. The number of nitrogens with zero attached hydrogens (tertiary/aromatic N) is 1. The molecule has 0 saturated heterocycles. The Morgan fingerprint density at radius 1 is 1.14 bits per heavy atom. The summed E-state index contributed by atoms with van der Waals surface area (Å²) in [4.78, 5) is 14.5. The summed E-state index contributed by atoms with van der Waals surface area (Å²) >= 11 is 24.3. The van der Waals surface area contributed by atoms with E-state index in [-0.39, 0.29) is 10.6 Å². The molecule has 0 N–H and O–H groups in total. The average molecular weight is 375 g/mol. The van der Waals surface area contributed by atoms with Gasteiger partial charge in [-0.2, -0.15) is 4.99 Å². The van der Waals surface area contributed by atoms with Crippen molar-refractivity contribution in [3.8, 4) is 11.5 Å². The Kier molecular flexibility index (Phi) is 6.41. The molecule has 21 heavy (non-hydrogen) atoms. The van der Waals surface area contributed by atoms with Crippen LogP contribution in [0.15, 0.2) is 17.1 Å². The van der Waals surface area contributed by atoms with Crippen molar-refractivity contribution in [3.63, 3.8) is 0 Å². The predicted octanol–water partition coefficient (Wildman–Crippen LogP) is 4.39. The zero-order valence-electron chi connectivity index (χ0n) is 11.2. The van der Waals surface area contributed by atoms with Crippen molar-refractivity contribution in [3.05, 3.63) is 22.7 Å². The molecule has 1 aromatic carbocycles. The molecule has 0 radical (unpaired) electrons. The fraction of sp³-hybridized carbons (Fsp3) is 0.333. The first-order valence-electron chi connectivity index (χ1n) is 5.40. The first kappa shape index (κ1) is 18.2. The fourth-order valence-electron chi connectivity index (χ4n) is 1.40. The molecule has 0 saturated carbocycles. The van der Waals surface area contributed by atoms with Gasteiger partial charge in [-0.15, -0.1) is 0 Å². The number of rotatable bonds is 4. The summed E-state index contributed by atoms with van der Waals surface area (Å²) in [5.74, 6) is 0.724. The Balaban J connectivity index is 3.37. The Labute approximate surface area is 141 Å². The molecular weight excluding hydrogens is 364 g/mol. The lowest BCUT2D eigenvalue weighted by Crippen LogP contribution is -2.21. The number of methoxy groups -OCH3 is 3. The molecule has 0 aliphatic heterocycles. The molecule has 0 aromatic heterocycles. The van der Waals surface area contributed by atoms with Gasteiger partial charge in [0.2, 0.25) is 0 Å². The van der Waals surface area contributed by atoms with Crippen molar-refractivity contribution in [2.75, 3.05) is 21.3 Å². The summed E-state index contributed by atoms with van der Waals surface area (Å²) in [6, 6.07) is 2.90. The van der Waals surface area contributed by atoms with E-state index < -0.39 is 15.6 Å². The minimum atomic E-state index is -1.85. The molecule has 116 valence electrons. The highest BCUT2D eigenvalue weighted by molar-refractivity contribution is 6.80. The lowest BCUT2D eigenvalue weighted by atomic mass is 10.1. The maximum atomic E-state index is 11.1. The average Bonchev–Trinajstić information content (AvgIpc) is 2.46. The van der Waals surface area contributed by atoms with Crippen molar-refractivity contribution in [2.24, 2.45) is 4.99 Å². The van der Waals surface area contributed by atoms with Gasteiger partial charge in [-0.3, -0.25) is 0 Å². The quantitative estimate of drug-likeness (QED) is 0.579. The van der Waals surface area contributed by atoms with Crippen LogP contribution in [0.2, 0.25) is 5.02 Å². The van der Waals surface area contributed by atoms with E-state index in [0.29, 0.717) is 11.5 Å². The van der Waals surface area contributed by atoms with Crippen LogP contribution in [-0.2, 0) is 9.07 Å². The van der Waals surface area contributed by atoms with Crippen LogP contribution >= 0.6 is 46.4 Å². The number of hydrogen-bond acceptors (Lipinski definition) is 4. The van der Waals surface area contributed by atoms with Gasteiger partial charge in [0.05, 0.1) is 26.4 Å². The molecule has 0 aliphatic carbocycles. The molecular formula is C12H11Cl4NO4. The zero-order valence-corrected chi connectivity index (χ0v) is 14.3. The monoisotopic (exact) mass is 373 g/mol. The van der Waals surface area contributed by atoms with E-state index in [4.69, 9.17) is 55.9 Å². The molecule has 1 rings (SSSR count). The van der Waals surface area contributed by atoms with Crippen LogP contribution in [-0.4, -0.2) is 32.6 Å². The Morgan fingerprint density at radius 3 is 2.14 bits per heavy atom. The number of hydrogen-bond donors (Lipinski definition) is 0. The van der Waals surface area contributed by atoms with Crippen LogP contribution < -0.4 is 9.47 Å². The Morgan fingerprint density at radius 2 is 1.67 bits per heavy atom. The largest absolute Gasteiger partial charge is 0.493 e. The maximum Gasteiger partial charge on any atom is 0.434 e. The van der Waals surface area contributed by atoms with E-state index in [0.717, 1.165) is 7.11 Å². The van der Waals surface area contributed by atoms with E-state index in [9.17, 15) is 4.79 Å². The van der Waals surface area contributed by atoms with E-state index in [1.807, 2.05) is 0 Å². The van der Waals surface area contributed by atoms with Gasteiger partial charge in [0, 0.05) is 11.6 Å². The molecule has 0 fully saturated rings. The summed E-state index contributed by atoms with van der Waals surface area (Å²) in [5.41, 5.74) is 0.183. The SMILES string of the molecule is COC(=O)/N=C(\Cl)C(Cl)(Cl)c1cc(OC)c(OC)cc1Cl. The van der Waals surface area contributed by atoms with Gasteiger partial charge in [0.25, 0.3) is 0 Å². The normalized spacial score (nSPS) is 12.0. The smallest absolute Gasteiger partial charge is 0.434 e. The summed E-state index contributed by atoms with van der Waals surface area (Å²) in [7, 11) is 4.03. The van der Waals surface area contributed by atoms with Gasteiger partial charge < -0.3 is 14.2 Å². The second-order valence-electron chi connectivity index (χ2n) is 3.63. The summed E-state index contributed by atoms with van der Waals surface area (Å²) in [6.45, 7) is 0. The van der Waals surface area contributed by atoms with E-state index in [1.54, 1.807) is 0 Å². The molecule has 1 amide bonds. The van der Waals surface area contributed by atoms with E-state index in [1.165, 1.54) is 26.4 Å². The van der Waals surface area contributed by atoms with Crippen LogP contribution in [0, 0.1) is 0 Å². The van der Waals surface area contributed by atoms with Crippen LogP contribution in [0.4, 0.5) is 4.79 Å². The van der Waals surface area contributed by atoms with Crippen LogP contribution in [0.5, 0.6) is 11.5 Å². The molecule has 0 heterocycles. The topological polar surface area (TPSA) is 57.1 Å². The van der Waals surface area contributed by atoms with E-state index in [2.05, 4.69) is 9.73 Å². The maximum absolute atomic E-state index is 11.1. The predicted molar refractivity (Wildman–Crippen MR) is 83.6 cm³/mol. The third kappa shape index (κ3) is 4.07. The lowest BCUT2D eigenvalue weighted by molar-refractivity contribution is 0.182. The van der Waals surface area contributed by atoms with Crippen LogP contribution in [0.3, 0.4) is 0 Å². The number of benzene rings is 1. The molecule has 0 aliphatic rings. The minimum Gasteiger partial charge on any atom is -0.493 e. The second kappa shape index (κ2) is 7.40. The fourth-order valence-corrected chi connectivity index (χ4v) is 2.36. The van der Waals surface area contributed by atoms with Gasteiger partial charge in [-0.05, 0) is 6.07 Å². The van der Waals surface area contributed by atoms with Crippen molar-refractivity contribution in [1.82, 2.24) is 0 Å². The minimum absolute atomic E-state index is 0.163. The number of halogens is 4. The molecule has 9 heteroatoms. The number of aliphatic imine (C=N–C) groups is 1. The number of ether oxygens (including phenoxy) is 3. The van der Waals surface area contributed by atoms with Gasteiger partial charge in [0.15, 0.2) is 21.0 Å². The van der Waals surface area contributed by atoms with Gasteiger partial charge in [-0.25, -0.2) is 4.79 Å². The highest BCUT2D eigenvalue weighted by Gasteiger charge is 2.36. The third-order valence-corrected chi connectivity index (χ3v) is 4.07. The molecule has 0 atom stereocenters. The van der Waals surface area contributed by atoms with Crippen molar-refractivity contribution < 1.29 is 19.0 Å². The summed E-state index contributed by atoms with van der Waals surface area (Å²) in [5, 5.41) is -0.248. The number of carbonyl (C=O) groups is 1. The zero-order chi connectivity index (χ0) is 16.2. The molecule has 5 nitrogen and oxygen atoms in total. The van der Waals surface area contributed by atoms with Crippen LogP contribution in [0.1, 0.15) is 5.56 Å². The van der Waals surface area contributed by atoms with Crippen LogP contribution in [0.25, 0.3) is 0 Å². The third-order valence-electron chi connectivity index (χ3n) is 2.43. The number of amides is 1. The summed E-state index contributed by atoms with van der Waals surface area (Å²) in [6.07, 6.45) is -0.942. The summed E-state index contributed by atoms with van der Waals surface area (Å²) < 4.78 is 12.7. The molecule has 1 aromatic rings. The van der Waals surface area contributed by atoms with Crippen molar-refractivity contribution in [1.29, 1.82) is 0 Å². The first-order chi connectivity index (χ1) is 9.77. The first-order valence-corrected chi connectivity index (χ1v) is 6.91.